The molecule has 0 aliphatic rings. The number of aromatic nitrogens is 1. The Balaban J connectivity index is 1.93. The first-order valence-corrected chi connectivity index (χ1v) is 9.43. The number of phenols is 2. The van der Waals surface area contributed by atoms with Crippen molar-refractivity contribution in [2.75, 3.05) is 6.54 Å². The molecule has 4 nitrogen and oxygen atoms in total. The fourth-order valence-corrected chi connectivity index (χ4v) is 3.68. The lowest BCUT2D eigenvalue weighted by atomic mass is 10.1. The molecule has 3 rings (SSSR count). The maximum atomic E-state index is 9.91. The van der Waals surface area contributed by atoms with Crippen LogP contribution >= 0.6 is 0 Å². The quantitative estimate of drug-likeness (QED) is 0.503. The Bertz CT molecular complexity index is 866. The average molecular weight is 352 g/mol. The molecule has 0 saturated heterocycles. The third-order valence-corrected chi connectivity index (χ3v) is 5.03. The Hall–Kier alpha value is -2.46. The van der Waals surface area contributed by atoms with Gasteiger partial charge in [-0.2, -0.15) is 0 Å². The van der Waals surface area contributed by atoms with Crippen molar-refractivity contribution < 1.29 is 10.2 Å². The van der Waals surface area contributed by atoms with Crippen molar-refractivity contribution in [3.8, 4) is 22.8 Å². The number of nitrogens with zero attached hydrogens (tertiary/aromatic N) is 1. The highest BCUT2D eigenvalue weighted by molar-refractivity contribution is 5.92. The van der Waals surface area contributed by atoms with Gasteiger partial charge in [-0.15, -0.1) is 0 Å². The van der Waals surface area contributed by atoms with Crippen LogP contribution in [-0.4, -0.2) is 21.3 Å². The predicted molar refractivity (Wildman–Crippen MR) is 108 cm³/mol. The zero-order chi connectivity index (χ0) is 18.5. The van der Waals surface area contributed by atoms with Crippen LogP contribution in [0.5, 0.6) is 11.5 Å². The number of hydrogen-bond acceptors (Lipinski definition) is 3. The molecule has 0 spiro atoms. The van der Waals surface area contributed by atoms with E-state index in [0.29, 0.717) is 0 Å². The number of aromatic hydroxyl groups is 2. The van der Waals surface area contributed by atoms with E-state index in [1.54, 1.807) is 18.2 Å². The average Bonchev–Trinajstić information content (AvgIpc) is 2.90. The molecule has 0 radical (unpaired) electrons. The second-order valence-corrected chi connectivity index (χ2v) is 6.93. The number of rotatable bonds is 8. The summed E-state index contributed by atoms with van der Waals surface area (Å²) in [5.74, 6) is 0.559. The molecular formula is C22H28N2O2. The fourth-order valence-electron chi connectivity index (χ4n) is 3.68. The summed E-state index contributed by atoms with van der Waals surface area (Å²) in [5.41, 5.74) is 10.1. The SMILES string of the molecule is Cc1c(-c2ccc(O)cc2)n(CCCCCCCN)c2ccc(O)cc12. The zero-order valence-electron chi connectivity index (χ0n) is 15.4. The summed E-state index contributed by atoms with van der Waals surface area (Å²) in [7, 11) is 0. The summed E-state index contributed by atoms with van der Waals surface area (Å²) in [6, 6.07) is 12.9. The lowest BCUT2D eigenvalue weighted by Gasteiger charge is -2.12. The molecular weight excluding hydrogens is 324 g/mol. The van der Waals surface area contributed by atoms with Crippen LogP contribution in [0.1, 0.15) is 37.7 Å². The van der Waals surface area contributed by atoms with Gasteiger partial charge in [-0.1, -0.05) is 19.3 Å². The van der Waals surface area contributed by atoms with Crippen molar-refractivity contribution in [1.82, 2.24) is 4.57 Å². The van der Waals surface area contributed by atoms with Crippen LogP contribution in [0.15, 0.2) is 42.5 Å². The highest BCUT2D eigenvalue weighted by Crippen LogP contribution is 2.35. The maximum absolute atomic E-state index is 9.91. The van der Waals surface area contributed by atoms with E-state index in [1.807, 2.05) is 24.3 Å². The molecule has 2 aromatic carbocycles. The summed E-state index contributed by atoms with van der Waals surface area (Å²) in [6.07, 6.45) is 5.81. The molecule has 0 saturated carbocycles. The third-order valence-electron chi connectivity index (χ3n) is 5.03. The minimum absolute atomic E-state index is 0.270. The van der Waals surface area contributed by atoms with Gasteiger partial charge in [0.25, 0.3) is 0 Å². The first-order valence-electron chi connectivity index (χ1n) is 9.43. The van der Waals surface area contributed by atoms with Crippen molar-refractivity contribution in [2.24, 2.45) is 5.73 Å². The number of hydrogen-bond donors (Lipinski definition) is 3. The van der Waals surface area contributed by atoms with Gasteiger partial charge in [-0.3, -0.25) is 0 Å². The summed E-state index contributed by atoms with van der Waals surface area (Å²) >= 11 is 0. The number of fused-ring (bicyclic) bond motifs is 1. The number of phenolic OH excluding ortho intramolecular Hbond substituents is 2. The van der Waals surface area contributed by atoms with Gasteiger partial charge in [0.15, 0.2) is 0 Å². The maximum Gasteiger partial charge on any atom is 0.116 e. The van der Waals surface area contributed by atoms with Gasteiger partial charge in [-0.25, -0.2) is 0 Å². The van der Waals surface area contributed by atoms with E-state index < -0.39 is 0 Å². The normalized spacial score (nSPS) is 11.3. The van der Waals surface area contributed by atoms with Crippen molar-refractivity contribution in [3.05, 3.63) is 48.0 Å². The molecule has 0 atom stereocenters. The van der Waals surface area contributed by atoms with Crippen LogP contribution < -0.4 is 5.73 Å². The molecule has 0 amide bonds. The molecule has 3 aromatic rings. The van der Waals surface area contributed by atoms with Gasteiger partial charge in [0, 0.05) is 17.4 Å². The first kappa shape index (κ1) is 18.3. The predicted octanol–water partition coefficient (Wildman–Crippen LogP) is 4.94. The van der Waals surface area contributed by atoms with Gasteiger partial charge < -0.3 is 20.5 Å². The largest absolute Gasteiger partial charge is 0.508 e. The monoisotopic (exact) mass is 352 g/mol. The lowest BCUT2D eigenvalue weighted by molar-refractivity contribution is 0.475. The topological polar surface area (TPSA) is 71.4 Å². The summed E-state index contributed by atoms with van der Waals surface area (Å²) in [5, 5.41) is 20.6. The zero-order valence-corrected chi connectivity index (χ0v) is 15.4. The molecule has 4 heteroatoms. The minimum atomic E-state index is 0.270. The standard InChI is InChI=1S/C22H28N2O2/c1-16-20-15-19(26)11-12-21(20)24(14-6-4-2-3-5-13-23)22(16)17-7-9-18(25)10-8-17/h7-12,15,25-26H,2-6,13-14,23H2,1H3. The molecule has 26 heavy (non-hydrogen) atoms. The Labute approximate surface area is 154 Å². The van der Waals surface area contributed by atoms with Gasteiger partial charge in [0.2, 0.25) is 0 Å². The number of unbranched alkanes of at least 4 members (excludes halogenated alkanes) is 4. The summed E-state index contributed by atoms with van der Waals surface area (Å²) < 4.78 is 2.35. The number of nitrogens with two attached hydrogens (primary N) is 1. The van der Waals surface area contributed by atoms with Crippen molar-refractivity contribution in [1.29, 1.82) is 0 Å². The molecule has 0 aliphatic carbocycles. The Morgan fingerprint density at radius 3 is 2.23 bits per heavy atom. The molecule has 0 fully saturated rings. The third kappa shape index (κ3) is 3.86. The molecule has 0 bridgehead atoms. The Morgan fingerprint density at radius 2 is 1.50 bits per heavy atom. The van der Waals surface area contributed by atoms with Crippen LogP contribution in [0.3, 0.4) is 0 Å². The van der Waals surface area contributed by atoms with Crippen LogP contribution in [0.25, 0.3) is 22.2 Å². The Morgan fingerprint density at radius 1 is 0.846 bits per heavy atom. The number of aryl methyl sites for hydroxylation is 2. The second-order valence-electron chi connectivity index (χ2n) is 6.93. The smallest absolute Gasteiger partial charge is 0.116 e. The van der Waals surface area contributed by atoms with E-state index in [4.69, 9.17) is 5.73 Å². The second kappa shape index (κ2) is 8.28. The molecule has 1 aromatic heterocycles. The highest BCUT2D eigenvalue weighted by Gasteiger charge is 2.16. The van der Waals surface area contributed by atoms with E-state index in [2.05, 4.69) is 11.5 Å². The van der Waals surface area contributed by atoms with Crippen LogP contribution in [0, 0.1) is 6.92 Å². The van der Waals surface area contributed by atoms with Gasteiger partial charge in [0.1, 0.15) is 11.5 Å². The van der Waals surface area contributed by atoms with E-state index in [9.17, 15) is 10.2 Å². The number of benzene rings is 2. The van der Waals surface area contributed by atoms with Crippen molar-refractivity contribution >= 4 is 10.9 Å². The molecule has 0 aliphatic heterocycles. The van der Waals surface area contributed by atoms with Crippen LogP contribution in [0.4, 0.5) is 0 Å². The van der Waals surface area contributed by atoms with E-state index in [-0.39, 0.29) is 11.5 Å². The van der Waals surface area contributed by atoms with Crippen LogP contribution in [0.2, 0.25) is 0 Å². The summed E-state index contributed by atoms with van der Waals surface area (Å²) in [6.45, 7) is 3.81. The van der Waals surface area contributed by atoms with Gasteiger partial charge in [0.05, 0.1) is 5.69 Å². The van der Waals surface area contributed by atoms with E-state index in [0.717, 1.165) is 53.7 Å². The highest BCUT2D eigenvalue weighted by atomic mass is 16.3. The molecule has 0 unspecified atom stereocenters. The van der Waals surface area contributed by atoms with Crippen LogP contribution in [-0.2, 0) is 6.54 Å². The Kier molecular flexibility index (Phi) is 5.84. The van der Waals surface area contributed by atoms with E-state index >= 15 is 0 Å². The van der Waals surface area contributed by atoms with Gasteiger partial charge in [-0.05, 0) is 79.9 Å². The van der Waals surface area contributed by atoms with Gasteiger partial charge >= 0.3 is 0 Å². The van der Waals surface area contributed by atoms with Crippen molar-refractivity contribution in [2.45, 2.75) is 45.6 Å². The lowest BCUT2D eigenvalue weighted by Crippen LogP contribution is -2.01. The summed E-state index contributed by atoms with van der Waals surface area (Å²) in [4.78, 5) is 0. The first-order chi connectivity index (χ1) is 12.6. The minimum Gasteiger partial charge on any atom is -0.508 e. The molecule has 1 heterocycles. The molecule has 4 N–H and O–H groups in total. The van der Waals surface area contributed by atoms with E-state index in [1.165, 1.54) is 19.3 Å². The molecule has 138 valence electrons. The van der Waals surface area contributed by atoms with Crippen molar-refractivity contribution in [3.63, 3.8) is 0 Å². The fraction of sp³-hybridized carbons (Fsp3) is 0.364.